The number of benzene rings is 2. The monoisotopic (exact) mass is 253 g/mol. The molecule has 3 N–H and O–H groups in total. The Kier molecular flexibility index (Phi) is 2.83. The summed E-state index contributed by atoms with van der Waals surface area (Å²) in [4.78, 5) is 0. The lowest BCUT2D eigenvalue weighted by Crippen LogP contribution is -2.21. The molecule has 0 fully saturated rings. The molecule has 19 heavy (non-hydrogen) atoms. The molecule has 0 saturated carbocycles. The Balaban J connectivity index is 1.96. The van der Waals surface area contributed by atoms with E-state index >= 15 is 0 Å². The van der Waals surface area contributed by atoms with Gasteiger partial charge in [-0.05, 0) is 41.0 Å². The average Bonchev–Trinajstić information content (AvgIpc) is 2.46. The molecule has 0 atom stereocenters. The van der Waals surface area contributed by atoms with Gasteiger partial charge in [-0.1, -0.05) is 18.2 Å². The van der Waals surface area contributed by atoms with Crippen molar-refractivity contribution in [3.63, 3.8) is 0 Å². The van der Waals surface area contributed by atoms with Gasteiger partial charge in [0.05, 0.1) is 12.8 Å². The first-order chi connectivity index (χ1) is 9.26. The Morgan fingerprint density at radius 3 is 2.58 bits per heavy atom. The van der Waals surface area contributed by atoms with Crippen LogP contribution >= 0.6 is 0 Å². The summed E-state index contributed by atoms with van der Waals surface area (Å²) in [6, 6.07) is 14.3. The van der Waals surface area contributed by atoms with Crippen LogP contribution in [0.2, 0.25) is 0 Å². The quantitative estimate of drug-likeness (QED) is 0.864. The normalized spacial score (nSPS) is 13.2. The van der Waals surface area contributed by atoms with Crippen molar-refractivity contribution < 1.29 is 4.74 Å². The molecule has 2 aromatic rings. The Hall–Kier alpha value is -2.49. The highest BCUT2D eigenvalue weighted by molar-refractivity contribution is 5.88. The lowest BCUT2D eigenvalue weighted by Gasteiger charge is -2.16. The van der Waals surface area contributed by atoms with Crippen LogP contribution in [-0.2, 0) is 6.42 Å². The van der Waals surface area contributed by atoms with Crippen molar-refractivity contribution in [2.24, 2.45) is 10.8 Å². The molecule has 0 spiro atoms. The zero-order chi connectivity index (χ0) is 13.2. The summed E-state index contributed by atoms with van der Waals surface area (Å²) in [7, 11) is 1.67. The van der Waals surface area contributed by atoms with Gasteiger partial charge in [0.15, 0.2) is 0 Å². The minimum absolute atomic E-state index is 0.611. The van der Waals surface area contributed by atoms with Crippen molar-refractivity contribution >= 4 is 11.5 Å². The second kappa shape index (κ2) is 4.65. The smallest absolute Gasteiger partial charge is 0.124 e. The Labute approximate surface area is 111 Å². The topological polar surface area (TPSA) is 59.6 Å². The fourth-order valence-electron chi connectivity index (χ4n) is 2.18. The summed E-state index contributed by atoms with van der Waals surface area (Å²) in [6.07, 6.45) is 0.687. The minimum Gasteiger partial charge on any atom is -0.497 e. The van der Waals surface area contributed by atoms with Crippen LogP contribution in [0.15, 0.2) is 47.6 Å². The van der Waals surface area contributed by atoms with Gasteiger partial charge in [-0.3, -0.25) is 5.43 Å². The number of rotatable bonds is 2. The van der Waals surface area contributed by atoms with Crippen LogP contribution in [0.5, 0.6) is 5.75 Å². The first-order valence-corrected chi connectivity index (χ1v) is 6.11. The van der Waals surface area contributed by atoms with E-state index in [1.807, 2.05) is 30.3 Å². The number of fused-ring (bicyclic) bond motifs is 1. The fourth-order valence-corrected chi connectivity index (χ4v) is 2.18. The summed E-state index contributed by atoms with van der Waals surface area (Å²) < 4.78 is 5.17. The number of hydrogen-bond acceptors (Lipinski definition) is 4. The van der Waals surface area contributed by atoms with E-state index in [4.69, 9.17) is 10.5 Å². The van der Waals surface area contributed by atoms with Crippen molar-refractivity contribution in [1.29, 1.82) is 0 Å². The molecule has 0 aliphatic carbocycles. The third kappa shape index (κ3) is 2.25. The van der Waals surface area contributed by atoms with E-state index in [0.717, 1.165) is 22.6 Å². The molecular formula is C15H15N3O. The Morgan fingerprint density at radius 2 is 1.84 bits per heavy atom. The number of methoxy groups -OCH3 is 1. The van der Waals surface area contributed by atoms with Gasteiger partial charge < -0.3 is 10.5 Å². The molecule has 1 aliphatic heterocycles. The summed E-state index contributed by atoms with van der Waals surface area (Å²) >= 11 is 0. The van der Waals surface area contributed by atoms with Crippen molar-refractivity contribution in [1.82, 2.24) is 0 Å². The van der Waals surface area contributed by atoms with Gasteiger partial charge in [-0.15, -0.1) is 0 Å². The number of nitrogens with zero attached hydrogens (tertiary/aromatic N) is 1. The number of ether oxygens (including phenoxy) is 1. The van der Waals surface area contributed by atoms with Crippen LogP contribution in [-0.4, -0.2) is 12.9 Å². The molecule has 0 aromatic heterocycles. The first-order valence-electron chi connectivity index (χ1n) is 6.11. The van der Waals surface area contributed by atoms with Crippen LogP contribution in [0.4, 0.5) is 5.69 Å². The second-order valence-electron chi connectivity index (χ2n) is 4.49. The highest BCUT2D eigenvalue weighted by Crippen LogP contribution is 2.28. The molecule has 96 valence electrons. The molecule has 0 unspecified atom stereocenters. The number of nitrogens with one attached hydrogen (secondary N) is 1. The molecule has 0 radical (unpaired) electrons. The molecule has 4 heteroatoms. The lowest BCUT2D eigenvalue weighted by atomic mass is 9.99. The molecular weight excluding hydrogens is 238 g/mol. The lowest BCUT2D eigenvalue weighted by molar-refractivity contribution is 0.415. The Morgan fingerprint density at radius 1 is 1.11 bits per heavy atom. The summed E-state index contributed by atoms with van der Waals surface area (Å²) in [5.41, 5.74) is 13.2. The van der Waals surface area contributed by atoms with Crippen LogP contribution in [0, 0.1) is 0 Å². The van der Waals surface area contributed by atoms with E-state index in [1.165, 1.54) is 5.56 Å². The molecule has 3 rings (SSSR count). The third-order valence-corrected chi connectivity index (χ3v) is 3.22. The zero-order valence-corrected chi connectivity index (χ0v) is 10.7. The summed E-state index contributed by atoms with van der Waals surface area (Å²) in [5, 5.41) is 4.02. The van der Waals surface area contributed by atoms with E-state index in [1.54, 1.807) is 7.11 Å². The largest absolute Gasteiger partial charge is 0.497 e. The van der Waals surface area contributed by atoms with Crippen molar-refractivity contribution in [3.05, 3.63) is 48.0 Å². The summed E-state index contributed by atoms with van der Waals surface area (Å²) in [5.74, 6) is 1.47. The zero-order valence-electron chi connectivity index (χ0n) is 10.7. The average molecular weight is 253 g/mol. The number of amidine groups is 1. The van der Waals surface area contributed by atoms with Gasteiger partial charge in [0.2, 0.25) is 0 Å². The van der Waals surface area contributed by atoms with Gasteiger partial charge >= 0.3 is 0 Å². The molecule has 0 bridgehead atoms. The third-order valence-electron chi connectivity index (χ3n) is 3.22. The van der Waals surface area contributed by atoms with Crippen LogP contribution in [0.25, 0.3) is 11.1 Å². The van der Waals surface area contributed by atoms with Crippen molar-refractivity contribution in [3.8, 4) is 16.9 Å². The standard InChI is InChI=1S/C15H15N3O/c1-19-13-5-2-10(3-6-13)11-4-7-14-12(8-11)9-15(16)18-17-14/h2-8,17H,9H2,1H3,(H2,16,18). The fraction of sp³-hybridized carbons (Fsp3) is 0.133. The van der Waals surface area contributed by atoms with Crippen molar-refractivity contribution in [2.75, 3.05) is 12.5 Å². The number of hydrazone groups is 1. The molecule has 1 aliphatic rings. The van der Waals surface area contributed by atoms with Crippen molar-refractivity contribution in [2.45, 2.75) is 6.42 Å². The Bertz CT molecular complexity index is 632. The van der Waals surface area contributed by atoms with E-state index in [2.05, 4.69) is 22.7 Å². The molecule has 2 aromatic carbocycles. The molecule has 1 heterocycles. The van der Waals surface area contributed by atoms with Gasteiger partial charge in [0, 0.05) is 6.42 Å². The summed E-state index contributed by atoms with van der Waals surface area (Å²) in [6.45, 7) is 0. The van der Waals surface area contributed by atoms with Crippen LogP contribution in [0.3, 0.4) is 0 Å². The van der Waals surface area contributed by atoms with E-state index in [9.17, 15) is 0 Å². The van der Waals surface area contributed by atoms with Crippen LogP contribution < -0.4 is 15.9 Å². The van der Waals surface area contributed by atoms with Gasteiger partial charge in [-0.25, -0.2) is 0 Å². The predicted octanol–water partition coefficient (Wildman–Crippen LogP) is 2.60. The van der Waals surface area contributed by atoms with E-state index < -0.39 is 0 Å². The maximum absolute atomic E-state index is 5.75. The maximum Gasteiger partial charge on any atom is 0.124 e. The second-order valence-corrected chi connectivity index (χ2v) is 4.49. The van der Waals surface area contributed by atoms with Crippen LogP contribution in [0.1, 0.15) is 5.56 Å². The number of hydrogen-bond donors (Lipinski definition) is 2. The first kappa shape index (κ1) is 11.6. The predicted molar refractivity (Wildman–Crippen MR) is 77.4 cm³/mol. The highest BCUT2D eigenvalue weighted by Gasteiger charge is 2.11. The minimum atomic E-state index is 0.611. The molecule has 0 amide bonds. The van der Waals surface area contributed by atoms with Gasteiger partial charge in [0.25, 0.3) is 0 Å². The highest BCUT2D eigenvalue weighted by atomic mass is 16.5. The van der Waals surface area contributed by atoms with Gasteiger partial charge in [-0.2, -0.15) is 5.10 Å². The molecule has 0 saturated heterocycles. The van der Waals surface area contributed by atoms with E-state index in [0.29, 0.717) is 12.3 Å². The van der Waals surface area contributed by atoms with Gasteiger partial charge in [0.1, 0.15) is 11.6 Å². The number of anilines is 1. The molecule has 4 nitrogen and oxygen atoms in total. The van der Waals surface area contributed by atoms with E-state index in [-0.39, 0.29) is 0 Å². The SMILES string of the molecule is COc1ccc(-c2ccc3c(c2)CC(N)=NN3)cc1. The number of nitrogens with two attached hydrogens (primary N) is 1. The maximum atomic E-state index is 5.75.